The van der Waals surface area contributed by atoms with Gasteiger partial charge in [0.2, 0.25) is 5.91 Å². The Kier molecular flexibility index (Phi) is 5.85. The van der Waals surface area contributed by atoms with E-state index in [0.717, 1.165) is 6.42 Å². The van der Waals surface area contributed by atoms with Crippen molar-refractivity contribution in [1.29, 1.82) is 0 Å². The third kappa shape index (κ3) is 3.84. The first-order chi connectivity index (χ1) is 8.57. The fourth-order valence-corrected chi connectivity index (χ4v) is 2.20. The number of amides is 1. The van der Waals surface area contributed by atoms with Crippen LogP contribution < -0.4 is 0 Å². The number of carboxylic acid groups (broad SMARTS) is 1. The van der Waals surface area contributed by atoms with Crippen molar-refractivity contribution in [2.45, 2.75) is 19.3 Å². The van der Waals surface area contributed by atoms with Gasteiger partial charge in [0.05, 0.1) is 11.8 Å². The number of nitrogens with zero attached hydrogens (tertiary/aromatic N) is 1. The van der Waals surface area contributed by atoms with Crippen molar-refractivity contribution in [1.82, 2.24) is 4.90 Å². The average molecular weight is 255 g/mol. The van der Waals surface area contributed by atoms with Crippen LogP contribution in [0, 0.1) is 11.8 Å². The van der Waals surface area contributed by atoms with Crippen LogP contribution in [0.15, 0.2) is 12.2 Å². The van der Waals surface area contributed by atoms with Gasteiger partial charge in [0.1, 0.15) is 0 Å². The highest BCUT2D eigenvalue weighted by atomic mass is 16.5. The Balaban J connectivity index is 2.57. The van der Waals surface area contributed by atoms with Crippen molar-refractivity contribution in [3.05, 3.63) is 12.2 Å². The highest BCUT2D eigenvalue weighted by Gasteiger charge is 2.35. The van der Waals surface area contributed by atoms with Gasteiger partial charge in [0.25, 0.3) is 0 Å². The number of allylic oxidation sites excluding steroid dienone is 2. The van der Waals surface area contributed by atoms with E-state index in [1.54, 1.807) is 19.1 Å². The van der Waals surface area contributed by atoms with E-state index in [4.69, 9.17) is 9.84 Å². The Bertz CT molecular complexity index is 327. The molecule has 1 N–H and O–H groups in total. The lowest BCUT2D eigenvalue weighted by atomic mass is 9.82. The van der Waals surface area contributed by atoms with Crippen LogP contribution in [-0.2, 0) is 14.3 Å². The standard InChI is InChI=1S/C13H21NO4/c1-14(8-5-9-18-2)12(15)10-6-3-4-7-11(10)13(16)17/h3-4,10-11H,5-9H2,1-2H3,(H,16,17). The normalized spacial score (nSPS) is 22.8. The lowest BCUT2D eigenvalue weighted by Crippen LogP contribution is -2.40. The molecule has 0 spiro atoms. The number of carboxylic acids is 1. The molecule has 18 heavy (non-hydrogen) atoms. The lowest BCUT2D eigenvalue weighted by Gasteiger charge is -2.28. The minimum absolute atomic E-state index is 0.0807. The van der Waals surface area contributed by atoms with Gasteiger partial charge in [-0.2, -0.15) is 0 Å². The third-order valence-electron chi connectivity index (χ3n) is 3.29. The molecular weight excluding hydrogens is 234 g/mol. The predicted molar refractivity (Wildman–Crippen MR) is 67.1 cm³/mol. The van der Waals surface area contributed by atoms with E-state index in [0.29, 0.717) is 26.0 Å². The van der Waals surface area contributed by atoms with Gasteiger partial charge in [-0.05, 0) is 19.3 Å². The molecule has 1 aliphatic rings. The second kappa shape index (κ2) is 7.16. The minimum Gasteiger partial charge on any atom is -0.481 e. The Morgan fingerprint density at radius 1 is 1.33 bits per heavy atom. The van der Waals surface area contributed by atoms with Crippen LogP contribution in [0.4, 0.5) is 0 Å². The first-order valence-corrected chi connectivity index (χ1v) is 6.19. The van der Waals surface area contributed by atoms with Crippen LogP contribution in [0.3, 0.4) is 0 Å². The highest BCUT2D eigenvalue weighted by Crippen LogP contribution is 2.27. The van der Waals surface area contributed by atoms with E-state index >= 15 is 0 Å². The zero-order chi connectivity index (χ0) is 13.5. The second-order valence-corrected chi connectivity index (χ2v) is 4.60. The predicted octanol–water partition coefficient (Wildman–Crippen LogP) is 1.15. The molecule has 2 atom stereocenters. The Morgan fingerprint density at radius 2 is 1.94 bits per heavy atom. The maximum atomic E-state index is 12.2. The van der Waals surface area contributed by atoms with E-state index in [2.05, 4.69) is 0 Å². The second-order valence-electron chi connectivity index (χ2n) is 4.60. The van der Waals surface area contributed by atoms with Crippen LogP contribution in [-0.4, -0.2) is 49.2 Å². The largest absolute Gasteiger partial charge is 0.481 e. The van der Waals surface area contributed by atoms with Crippen LogP contribution in [0.1, 0.15) is 19.3 Å². The Hall–Kier alpha value is -1.36. The van der Waals surface area contributed by atoms with Gasteiger partial charge < -0.3 is 14.7 Å². The topological polar surface area (TPSA) is 66.8 Å². The molecule has 0 aromatic carbocycles. The molecule has 2 unspecified atom stereocenters. The van der Waals surface area contributed by atoms with Crippen molar-refractivity contribution < 1.29 is 19.4 Å². The monoisotopic (exact) mass is 255 g/mol. The van der Waals surface area contributed by atoms with Crippen LogP contribution in [0.25, 0.3) is 0 Å². The summed E-state index contributed by atoms with van der Waals surface area (Å²) in [6, 6.07) is 0. The molecular formula is C13H21NO4. The number of aliphatic carboxylic acids is 1. The fourth-order valence-electron chi connectivity index (χ4n) is 2.20. The molecule has 0 fully saturated rings. The summed E-state index contributed by atoms with van der Waals surface area (Å²) in [7, 11) is 3.34. The molecule has 102 valence electrons. The number of carbonyl (C=O) groups excluding carboxylic acids is 1. The average Bonchev–Trinajstić information content (AvgIpc) is 2.38. The summed E-state index contributed by atoms with van der Waals surface area (Å²) >= 11 is 0. The highest BCUT2D eigenvalue weighted by molar-refractivity contribution is 5.85. The summed E-state index contributed by atoms with van der Waals surface area (Å²) in [4.78, 5) is 24.9. The van der Waals surface area contributed by atoms with Gasteiger partial charge in [-0.1, -0.05) is 12.2 Å². The first-order valence-electron chi connectivity index (χ1n) is 6.19. The lowest BCUT2D eigenvalue weighted by molar-refractivity contribution is -0.150. The van der Waals surface area contributed by atoms with E-state index < -0.39 is 17.8 Å². The molecule has 1 amide bonds. The fraction of sp³-hybridized carbons (Fsp3) is 0.692. The molecule has 5 heteroatoms. The quantitative estimate of drug-likeness (QED) is 0.571. The zero-order valence-electron chi connectivity index (χ0n) is 11.0. The van der Waals surface area contributed by atoms with Crippen molar-refractivity contribution in [2.24, 2.45) is 11.8 Å². The molecule has 0 saturated carbocycles. The van der Waals surface area contributed by atoms with E-state index in [-0.39, 0.29) is 5.91 Å². The molecule has 1 aliphatic carbocycles. The van der Waals surface area contributed by atoms with E-state index in [1.165, 1.54) is 0 Å². The summed E-state index contributed by atoms with van der Waals surface area (Å²) in [5, 5.41) is 9.13. The molecule has 0 heterocycles. The maximum Gasteiger partial charge on any atom is 0.307 e. The molecule has 1 rings (SSSR count). The van der Waals surface area contributed by atoms with Gasteiger partial charge in [-0.3, -0.25) is 9.59 Å². The molecule has 0 aromatic rings. The smallest absolute Gasteiger partial charge is 0.307 e. The summed E-state index contributed by atoms with van der Waals surface area (Å²) < 4.78 is 4.93. The summed E-state index contributed by atoms with van der Waals surface area (Å²) in [6.07, 6.45) is 5.46. The molecule has 0 aromatic heterocycles. The summed E-state index contributed by atoms with van der Waals surface area (Å²) in [5.41, 5.74) is 0. The number of hydrogen-bond acceptors (Lipinski definition) is 3. The van der Waals surface area contributed by atoms with Crippen LogP contribution >= 0.6 is 0 Å². The number of carbonyl (C=O) groups is 2. The molecule has 0 bridgehead atoms. The van der Waals surface area contributed by atoms with E-state index in [9.17, 15) is 9.59 Å². The summed E-state index contributed by atoms with van der Waals surface area (Å²) in [6.45, 7) is 1.20. The number of rotatable bonds is 6. The maximum absolute atomic E-state index is 12.2. The van der Waals surface area contributed by atoms with Crippen LogP contribution in [0.2, 0.25) is 0 Å². The number of hydrogen-bond donors (Lipinski definition) is 1. The summed E-state index contributed by atoms with van der Waals surface area (Å²) in [5.74, 6) is -1.99. The molecule has 5 nitrogen and oxygen atoms in total. The zero-order valence-corrected chi connectivity index (χ0v) is 11.0. The van der Waals surface area contributed by atoms with Gasteiger partial charge in [-0.15, -0.1) is 0 Å². The van der Waals surface area contributed by atoms with E-state index in [1.807, 2.05) is 12.2 Å². The molecule has 0 aliphatic heterocycles. The number of ether oxygens (including phenoxy) is 1. The van der Waals surface area contributed by atoms with Crippen molar-refractivity contribution in [2.75, 3.05) is 27.3 Å². The Labute approximate surface area is 107 Å². The number of methoxy groups -OCH3 is 1. The van der Waals surface area contributed by atoms with Crippen molar-refractivity contribution in [3.8, 4) is 0 Å². The molecule has 0 saturated heterocycles. The van der Waals surface area contributed by atoms with Crippen molar-refractivity contribution in [3.63, 3.8) is 0 Å². The van der Waals surface area contributed by atoms with Gasteiger partial charge in [-0.25, -0.2) is 0 Å². The van der Waals surface area contributed by atoms with Gasteiger partial charge >= 0.3 is 5.97 Å². The van der Waals surface area contributed by atoms with Crippen molar-refractivity contribution >= 4 is 11.9 Å². The first kappa shape index (κ1) is 14.7. The molecule has 0 radical (unpaired) electrons. The SMILES string of the molecule is COCCCN(C)C(=O)C1CC=CCC1C(=O)O. The van der Waals surface area contributed by atoms with Crippen LogP contribution in [0.5, 0.6) is 0 Å². The van der Waals surface area contributed by atoms with Gasteiger partial charge in [0, 0.05) is 27.3 Å². The minimum atomic E-state index is -0.886. The Morgan fingerprint density at radius 3 is 2.50 bits per heavy atom. The third-order valence-corrected chi connectivity index (χ3v) is 3.29. The van der Waals surface area contributed by atoms with Gasteiger partial charge in [0.15, 0.2) is 0 Å².